The molecule has 35 heavy (non-hydrogen) atoms. The number of rotatable bonds is 7. The first-order valence-corrected chi connectivity index (χ1v) is 12.5. The van der Waals surface area contributed by atoms with Crippen LogP contribution in [0, 0.1) is 12.3 Å². The molecule has 1 aliphatic heterocycles. The van der Waals surface area contributed by atoms with E-state index in [1.54, 1.807) is 16.8 Å². The summed E-state index contributed by atoms with van der Waals surface area (Å²) in [7, 11) is 0. The number of aliphatic hydroxyl groups is 2. The standard InChI is InChI=1S/C25H34N4O5S/c1-14-21(35-13-26-14)17-8-6-16(7-9-17)19(12-30)28-23(33)20-10-18(32)11-29(20)24(34)22(25(3,4)5)27-15(2)31/h6-9,13,18-20,22,30,32H,10-12H2,1-5H3,(H,27,31)(H,28,33)/t18-,19?,20+,22-/m1/s1. The van der Waals surface area contributed by atoms with Gasteiger partial charge in [0.2, 0.25) is 17.7 Å². The third-order valence-corrected chi connectivity index (χ3v) is 7.12. The molecular weight excluding hydrogens is 468 g/mol. The van der Waals surface area contributed by atoms with Crippen molar-refractivity contribution < 1.29 is 24.6 Å². The van der Waals surface area contributed by atoms with Crippen LogP contribution in [0.3, 0.4) is 0 Å². The Hall–Kier alpha value is -2.82. The largest absolute Gasteiger partial charge is 0.394 e. The van der Waals surface area contributed by atoms with Crippen molar-refractivity contribution in [1.29, 1.82) is 0 Å². The van der Waals surface area contributed by atoms with E-state index in [0.717, 1.165) is 16.1 Å². The van der Waals surface area contributed by atoms with Crippen molar-refractivity contribution in [2.75, 3.05) is 13.2 Å². The molecule has 2 aromatic rings. The average Bonchev–Trinajstić information content (AvgIpc) is 3.40. The Balaban J connectivity index is 1.76. The summed E-state index contributed by atoms with van der Waals surface area (Å²) in [6.07, 6.45) is -0.780. The molecule has 4 N–H and O–H groups in total. The maximum absolute atomic E-state index is 13.4. The Morgan fingerprint density at radius 1 is 1.20 bits per heavy atom. The first-order chi connectivity index (χ1) is 16.4. The second kappa shape index (κ2) is 10.8. The molecule has 0 aliphatic carbocycles. The molecule has 3 rings (SSSR count). The van der Waals surface area contributed by atoms with Crippen molar-refractivity contribution in [3.63, 3.8) is 0 Å². The van der Waals surface area contributed by atoms with Gasteiger partial charge in [-0.3, -0.25) is 14.4 Å². The zero-order valence-corrected chi connectivity index (χ0v) is 21.6. The van der Waals surface area contributed by atoms with E-state index in [4.69, 9.17) is 0 Å². The highest BCUT2D eigenvalue weighted by molar-refractivity contribution is 7.13. The van der Waals surface area contributed by atoms with Crippen molar-refractivity contribution in [1.82, 2.24) is 20.5 Å². The van der Waals surface area contributed by atoms with Crippen LogP contribution < -0.4 is 10.6 Å². The van der Waals surface area contributed by atoms with Crippen LogP contribution in [0.4, 0.5) is 0 Å². The molecule has 1 fully saturated rings. The molecule has 1 aromatic heterocycles. The highest BCUT2D eigenvalue weighted by Crippen LogP contribution is 2.29. The second-order valence-electron chi connectivity index (χ2n) is 10.0. The van der Waals surface area contributed by atoms with Gasteiger partial charge in [-0.25, -0.2) is 4.98 Å². The Morgan fingerprint density at radius 3 is 2.37 bits per heavy atom. The van der Waals surface area contributed by atoms with Gasteiger partial charge in [0, 0.05) is 19.9 Å². The molecule has 2 heterocycles. The molecule has 0 bridgehead atoms. The molecule has 4 atom stereocenters. The Labute approximate surface area is 209 Å². The summed E-state index contributed by atoms with van der Waals surface area (Å²) in [5.41, 5.74) is 3.84. The number of amides is 3. The number of hydrogen-bond donors (Lipinski definition) is 4. The molecule has 0 radical (unpaired) electrons. The van der Waals surface area contributed by atoms with E-state index in [1.165, 1.54) is 11.8 Å². The molecule has 10 heteroatoms. The van der Waals surface area contributed by atoms with Crippen molar-refractivity contribution in [2.24, 2.45) is 5.41 Å². The lowest BCUT2D eigenvalue weighted by molar-refractivity contribution is -0.144. The van der Waals surface area contributed by atoms with E-state index in [1.807, 2.05) is 52.0 Å². The Morgan fingerprint density at radius 2 is 1.86 bits per heavy atom. The average molecular weight is 503 g/mol. The van der Waals surface area contributed by atoms with E-state index >= 15 is 0 Å². The summed E-state index contributed by atoms with van der Waals surface area (Å²) in [6, 6.07) is 5.08. The Bertz CT molecular complexity index is 1060. The molecule has 1 unspecified atom stereocenters. The number of hydrogen-bond acceptors (Lipinski definition) is 7. The lowest BCUT2D eigenvalue weighted by Crippen LogP contribution is -2.57. The van der Waals surface area contributed by atoms with Gasteiger partial charge < -0.3 is 25.7 Å². The minimum absolute atomic E-state index is 0.00419. The van der Waals surface area contributed by atoms with Gasteiger partial charge in [-0.2, -0.15) is 0 Å². The first-order valence-electron chi connectivity index (χ1n) is 11.6. The fraction of sp³-hybridized carbons (Fsp3) is 0.520. The molecule has 0 saturated carbocycles. The number of nitrogens with zero attached hydrogens (tertiary/aromatic N) is 2. The maximum Gasteiger partial charge on any atom is 0.246 e. The minimum atomic E-state index is -0.913. The van der Waals surface area contributed by atoms with Crippen LogP contribution in [0.5, 0.6) is 0 Å². The Kier molecular flexibility index (Phi) is 8.30. The molecule has 1 aromatic carbocycles. The fourth-order valence-corrected chi connectivity index (χ4v) is 5.08. The zero-order valence-electron chi connectivity index (χ0n) is 20.7. The zero-order chi connectivity index (χ0) is 25.9. The molecule has 0 spiro atoms. The van der Waals surface area contributed by atoms with Crippen LogP contribution in [0.2, 0.25) is 0 Å². The number of carbonyl (C=O) groups excluding carboxylic acids is 3. The van der Waals surface area contributed by atoms with Crippen molar-refractivity contribution in [3.8, 4) is 10.4 Å². The highest BCUT2D eigenvalue weighted by atomic mass is 32.1. The number of aliphatic hydroxyl groups excluding tert-OH is 2. The number of thiazole rings is 1. The molecule has 9 nitrogen and oxygen atoms in total. The molecule has 190 valence electrons. The van der Waals surface area contributed by atoms with Crippen LogP contribution in [0.25, 0.3) is 10.4 Å². The van der Waals surface area contributed by atoms with E-state index in [-0.39, 0.29) is 25.5 Å². The van der Waals surface area contributed by atoms with E-state index < -0.39 is 41.5 Å². The monoisotopic (exact) mass is 502 g/mol. The second-order valence-corrected chi connectivity index (χ2v) is 10.9. The summed E-state index contributed by atoms with van der Waals surface area (Å²) < 4.78 is 0. The van der Waals surface area contributed by atoms with Crippen LogP contribution >= 0.6 is 11.3 Å². The van der Waals surface area contributed by atoms with E-state index in [0.29, 0.717) is 5.56 Å². The lowest BCUT2D eigenvalue weighted by atomic mass is 9.85. The number of β-amino-alcohol motifs (C(OH)–C–C–N with tert-alkyl or cyclic N) is 1. The number of benzene rings is 1. The van der Waals surface area contributed by atoms with Gasteiger partial charge >= 0.3 is 0 Å². The van der Waals surface area contributed by atoms with E-state index in [9.17, 15) is 24.6 Å². The predicted molar refractivity (Wildman–Crippen MR) is 133 cm³/mol. The summed E-state index contributed by atoms with van der Waals surface area (Å²) in [4.78, 5) is 44.9. The van der Waals surface area contributed by atoms with Crippen LogP contribution in [0.1, 0.15) is 51.4 Å². The van der Waals surface area contributed by atoms with Gasteiger partial charge in [-0.05, 0) is 23.5 Å². The fourth-order valence-electron chi connectivity index (χ4n) is 4.27. The van der Waals surface area contributed by atoms with Crippen molar-refractivity contribution >= 4 is 29.1 Å². The van der Waals surface area contributed by atoms with Gasteiger partial charge in [0.05, 0.1) is 34.8 Å². The minimum Gasteiger partial charge on any atom is -0.394 e. The quantitative estimate of drug-likeness (QED) is 0.456. The number of aryl methyl sites for hydroxylation is 1. The number of aromatic nitrogens is 1. The summed E-state index contributed by atoms with van der Waals surface area (Å²) in [5.74, 6) is -1.24. The SMILES string of the molecule is CC(=O)N[C@H](C(=O)N1C[C@H](O)C[C@H]1C(=O)NC(CO)c1ccc(-c2scnc2C)cc1)C(C)(C)C. The molecule has 1 saturated heterocycles. The smallest absolute Gasteiger partial charge is 0.246 e. The number of likely N-dealkylation sites (tertiary alicyclic amines) is 1. The van der Waals surface area contributed by atoms with Gasteiger partial charge in [0.1, 0.15) is 12.1 Å². The van der Waals surface area contributed by atoms with Gasteiger partial charge in [-0.1, -0.05) is 45.0 Å². The van der Waals surface area contributed by atoms with E-state index in [2.05, 4.69) is 15.6 Å². The third kappa shape index (κ3) is 6.25. The normalized spacial score (nSPS) is 19.8. The van der Waals surface area contributed by atoms with Gasteiger partial charge in [0.15, 0.2) is 0 Å². The molecular formula is C25H34N4O5S. The van der Waals surface area contributed by atoms with Gasteiger partial charge in [0.25, 0.3) is 0 Å². The lowest BCUT2D eigenvalue weighted by Gasteiger charge is -2.35. The third-order valence-electron chi connectivity index (χ3n) is 6.15. The maximum atomic E-state index is 13.4. The summed E-state index contributed by atoms with van der Waals surface area (Å²) in [5, 5.41) is 25.8. The van der Waals surface area contributed by atoms with Crippen LogP contribution in [0.15, 0.2) is 29.8 Å². The van der Waals surface area contributed by atoms with Crippen molar-refractivity contribution in [2.45, 2.75) is 65.3 Å². The highest BCUT2D eigenvalue weighted by Gasteiger charge is 2.44. The van der Waals surface area contributed by atoms with Gasteiger partial charge in [-0.15, -0.1) is 11.3 Å². The summed E-state index contributed by atoms with van der Waals surface area (Å²) >= 11 is 1.54. The van der Waals surface area contributed by atoms with Crippen LogP contribution in [-0.2, 0) is 14.4 Å². The summed E-state index contributed by atoms with van der Waals surface area (Å²) in [6.45, 7) is 8.42. The molecule has 1 aliphatic rings. The van der Waals surface area contributed by atoms with Crippen molar-refractivity contribution in [3.05, 3.63) is 41.0 Å². The number of carbonyl (C=O) groups is 3. The first kappa shape index (κ1) is 26.8. The number of nitrogens with one attached hydrogen (secondary N) is 2. The molecule has 3 amide bonds. The van der Waals surface area contributed by atoms with Crippen LogP contribution in [-0.4, -0.2) is 69.2 Å². The predicted octanol–water partition coefficient (Wildman–Crippen LogP) is 1.78. The topological polar surface area (TPSA) is 132 Å².